The van der Waals surface area contributed by atoms with E-state index in [9.17, 15) is 23.1 Å². The summed E-state index contributed by atoms with van der Waals surface area (Å²) < 4.78 is 32.8. The number of nitrogens with one attached hydrogen (secondary N) is 3. The van der Waals surface area contributed by atoms with E-state index < -0.39 is 39.9 Å². The summed E-state index contributed by atoms with van der Waals surface area (Å²) in [5, 5.41) is 22.8. The summed E-state index contributed by atoms with van der Waals surface area (Å²) in [6.45, 7) is 5.52. The van der Waals surface area contributed by atoms with E-state index in [0.717, 1.165) is 10.7 Å². The summed E-state index contributed by atoms with van der Waals surface area (Å²) in [5.41, 5.74) is 7.19. The Bertz CT molecular complexity index is 1020. The number of nitrogens with two attached hydrogens (primary N) is 1. The van der Waals surface area contributed by atoms with Gasteiger partial charge >= 0.3 is 5.97 Å². The van der Waals surface area contributed by atoms with Crippen molar-refractivity contribution in [3.8, 4) is 5.75 Å². The number of carbonyl (C=O) groups is 2. The number of guanidine groups is 1. The average Bonchev–Trinajstić information content (AvgIpc) is 3.27. The lowest BCUT2D eigenvalue weighted by Crippen LogP contribution is -2.48. The zero-order valence-electron chi connectivity index (χ0n) is 19.4. The number of carboxylic acid groups (broad SMARTS) is 1. The maximum Gasteiger partial charge on any atom is 0.326 e. The molecular weight excluding hydrogens is 450 g/mol. The maximum absolute atomic E-state index is 13.4. The van der Waals surface area contributed by atoms with Gasteiger partial charge in [0.15, 0.2) is 0 Å². The highest BCUT2D eigenvalue weighted by Crippen LogP contribution is 2.32. The van der Waals surface area contributed by atoms with Gasteiger partial charge in [-0.15, -0.1) is 0 Å². The van der Waals surface area contributed by atoms with E-state index in [1.807, 2.05) is 0 Å². The van der Waals surface area contributed by atoms with Crippen LogP contribution in [0.5, 0.6) is 5.75 Å². The summed E-state index contributed by atoms with van der Waals surface area (Å²) in [5.74, 6) is -1.73. The molecule has 1 aromatic carbocycles. The molecule has 0 radical (unpaired) electrons. The maximum atomic E-state index is 13.4. The SMILES string of the molecule is COc1cc(C)c(S(=O)(=O)N(CCC[C@H](NC(=O)[C@@H]2CCCN2)C(=O)O)C(=N)N)c(C)c1C. The second-order valence-corrected chi connectivity index (χ2v) is 9.93. The number of aliphatic carboxylic acids is 1. The minimum Gasteiger partial charge on any atom is -0.496 e. The second kappa shape index (κ2) is 10.8. The molecule has 1 aliphatic heterocycles. The monoisotopic (exact) mass is 483 g/mol. The standard InChI is InChI=1S/C21H33N5O6S/c1-12-11-17(32-4)13(2)14(3)18(12)33(30,31)26(21(22)23)10-6-8-16(20(28)29)25-19(27)15-7-5-9-24-15/h11,15-16,24H,5-10H2,1-4H3,(H3,22,23)(H,25,27)(H,28,29)/t15-,16-/m0/s1. The van der Waals surface area contributed by atoms with Gasteiger partial charge in [0.25, 0.3) is 10.0 Å². The first-order valence-corrected chi connectivity index (χ1v) is 12.1. The first kappa shape index (κ1) is 26.4. The fourth-order valence-electron chi connectivity index (χ4n) is 3.99. The van der Waals surface area contributed by atoms with Crippen LogP contribution in [0.1, 0.15) is 42.4 Å². The number of rotatable bonds is 10. The van der Waals surface area contributed by atoms with Crippen LogP contribution >= 0.6 is 0 Å². The lowest BCUT2D eigenvalue weighted by Gasteiger charge is -2.26. The normalized spacial score (nSPS) is 16.8. The van der Waals surface area contributed by atoms with Gasteiger partial charge in [-0.3, -0.25) is 10.2 Å². The van der Waals surface area contributed by atoms with Crippen LogP contribution in [0.25, 0.3) is 0 Å². The predicted molar refractivity (Wildman–Crippen MR) is 123 cm³/mol. The number of carboxylic acids is 1. The smallest absolute Gasteiger partial charge is 0.326 e. The highest BCUT2D eigenvalue weighted by Gasteiger charge is 2.32. The third-order valence-corrected chi connectivity index (χ3v) is 7.96. The van der Waals surface area contributed by atoms with Crippen molar-refractivity contribution in [3.05, 3.63) is 22.8 Å². The van der Waals surface area contributed by atoms with Gasteiger partial charge in [-0.05, 0) is 75.8 Å². The van der Waals surface area contributed by atoms with Gasteiger partial charge in [0.1, 0.15) is 11.8 Å². The highest BCUT2D eigenvalue weighted by atomic mass is 32.2. The Morgan fingerprint density at radius 1 is 1.36 bits per heavy atom. The van der Waals surface area contributed by atoms with E-state index in [-0.39, 0.29) is 24.3 Å². The van der Waals surface area contributed by atoms with E-state index in [1.54, 1.807) is 26.8 Å². The van der Waals surface area contributed by atoms with Crippen molar-refractivity contribution < 1.29 is 27.9 Å². The lowest BCUT2D eigenvalue weighted by molar-refractivity contribution is -0.142. The number of aryl methyl sites for hydroxylation is 1. The summed E-state index contributed by atoms with van der Waals surface area (Å²) in [4.78, 5) is 23.9. The molecule has 0 spiro atoms. The molecule has 2 atom stereocenters. The van der Waals surface area contributed by atoms with Crippen molar-refractivity contribution in [3.63, 3.8) is 0 Å². The van der Waals surface area contributed by atoms with Gasteiger partial charge in [-0.1, -0.05) is 0 Å². The molecule has 1 aliphatic rings. The summed E-state index contributed by atoms with van der Waals surface area (Å²) in [6, 6.07) is 0.00828. The fraction of sp³-hybridized carbons (Fsp3) is 0.571. The number of carbonyl (C=O) groups excluding carboxylic acids is 1. The molecule has 0 aliphatic carbocycles. The van der Waals surface area contributed by atoms with E-state index in [2.05, 4.69) is 10.6 Å². The molecule has 0 aromatic heterocycles. The number of hydrogen-bond acceptors (Lipinski definition) is 7. The molecule has 0 bridgehead atoms. The minimum atomic E-state index is -4.18. The molecule has 1 aromatic rings. The number of sulfonamides is 1. The van der Waals surface area contributed by atoms with Crippen LogP contribution in [0.4, 0.5) is 0 Å². The third-order valence-electron chi connectivity index (χ3n) is 5.86. The molecule has 0 unspecified atom stereocenters. The lowest BCUT2D eigenvalue weighted by atomic mass is 10.1. The molecule has 1 saturated heterocycles. The van der Waals surface area contributed by atoms with Gasteiger partial charge in [0, 0.05) is 6.54 Å². The molecule has 2 rings (SSSR count). The van der Waals surface area contributed by atoms with Gasteiger partial charge in [-0.25, -0.2) is 17.5 Å². The van der Waals surface area contributed by atoms with E-state index >= 15 is 0 Å². The quantitative estimate of drug-likeness (QED) is 0.237. The van der Waals surface area contributed by atoms with Crippen molar-refractivity contribution in [2.24, 2.45) is 5.73 Å². The molecule has 184 valence electrons. The molecule has 6 N–H and O–H groups in total. The first-order valence-electron chi connectivity index (χ1n) is 10.7. The predicted octanol–water partition coefficient (Wildman–Crippen LogP) is 0.606. The van der Waals surface area contributed by atoms with Crippen LogP contribution in [0.15, 0.2) is 11.0 Å². The molecule has 11 nitrogen and oxygen atoms in total. The zero-order valence-corrected chi connectivity index (χ0v) is 20.2. The Balaban J connectivity index is 2.18. The topological polar surface area (TPSA) is 175 Å². The van der Waals surface area contributed by atoms with Crippen molar-refractivity contribution in [2.45, 2.75) is 63.4 Å². The van der Waals surface area contributed by atoms with Crippen molar-refractivity contribution in [2.75, 3.05) is 20.2 Å². The molecular formula is C21H33N5O6S. The Morgan fingerprint density at radius 3 is 2.55 bits per heavy atom. The summed E-state index contributed by atoms with van der Waals surface area (Å²) in [6.07, 6.45) is 1.52. The molecule has 12 heteroatoms. The third kappa shape index (κ3) is 5.93. The number of amides is 1. The number of ether oxygens (including phenoxy) is 1. The van der Waals surface area contributed by atoms with E-state index in [0.29, 0.717) is 35.4 Å². The number of hydrogen-bond donors (Lipinski definition) is 5. The second-order valence-electron chi connectivity index (χ2n) is 8.13. The van der Waals surface area contributed by atoms with Crippen LogP contribution in [-0.2, 0) is 19.6 Å². The zero-order chi connectivity index (χ0) is 24.9. The molecule has 0 saturated carbocycles. The van der Waals surface area contributed by atoms with Crippen LogP contribution in [0.2, 0.25) is 0 Å². The largest absolute Gasteiger partial charge is 0.496 e. The molecule has 1 fully saturated rings. The summed E-state index contributed by atoms with van der Waals surface area (Å²) in [7, 11) is -2.68. The number of benzene rings is 1. The molecule has 1 amide bonds. The van der Waals surface area contributed by atoms with E-state index in [1.165, 1.54) is 7.11 Å². The number of nitrogens with zero attached hydrogens (tertiary/aromatic N) is 1. The van der Waals surface area contributed by atoms with Crippen molar-refractivity contribution >= 4 is 27.9 Å². The Labute approximate surface area is 194 Å². The molecule has 1 heterocycles. The first-order chi connectivity index (χ1) is 15.4. The Hall–Kier alpha value is -2.86. The van der Waals surface area contributed by atoms with Gasteiger partial charge in [0.05, 0.1) is 18.0 Å². The van der Waals surface area contributed by atoms with Crippen LogP contribution < -0.4 is 21.1 Å². The number of methoxy groups -OCH3 is 1. The molecule has 33 heavy (non-hydrogen) atoms. The van der Waals surface area contributed by atoms with E-state index in [4.69, 9.17) is 15.9 Å². The van der Waals surface area contributed by atoms with Gasteiger partial charge < -0.3 is 26.2 Å². The van der Waals surface area contributed by atoms with Crippen LogP contribution in [-0.4, -0.2) is 67.9 Å². The van der Waals surface area contributed by atoms with Crippen LogP contribution in [0.3, 0.4) is 0 Å². The van der Waals surface area contributed by atoms with Gasteiger partial charge in [-0.2, -0.15) is 0 Å². The Kier molecular flexibility index (Phi) is 8.67. The van der Waals surface area contributed by atoms with Crippen molar-refractivity contribution in [1.82, 2.24) is 14.9 Å². The van der Waals surface area contributed by atoms with Crippen LogP contribution in [0, 0.1) is 26.2 Å². The Morgan fingerprint density at radius 2 is 2.03 bits per heavy atom. The minimum absolute atomic E-state index is 0.0211. The average molecular weight is 484 g/mol. The van der Waals surface area contributed by atoms with Gasteiger partial charge in [0.2, 0.25) is 11.9 Å². The van der Waals surface area contributed by atoms with Crippen molar-refractivity contribution in [1.29, 1.82) is 5.41 Å². The highest BCUT2D eigenvalue weighted by molar-refractivity contribution is 7.89. The summed E-state index contributed by atoms with van der Waals surface area (Å²) >= 11 is 0. The fourth-order valence-corrected chi connectivity index (χ4v) is 5.84.